The van der Waals surface area contributed by atoms with E-state index in [2.05, 4.69) is 5.32 Å². The Bertz CT molecular complexity index is 445. The SMILES string of the molecule is CCCS(=O)(=O)N1CCCC1C(=O)NC1(CO)CC1. The van der Waals surface area contributed by atoms with Gasteiger partial charge in [0.05, 0.1) is 17.9 Å². The predicted molar refractivity (Wildman–Crippen MR) is 71.0 cm³/mol. The van der Waals surface area contributed by atoms with E-state index in [9.17, 15) is 18.3 Å². The van der Waals surface area contributed by atoms with Gasteiger partial charge in [0.1, 0.15) is 6.04 Å². The molecule has 1 amide bonds. The first-order chi connectivity index (χ1) is 8.94. The fraction of sp³-hybridized carbons (Fsp3) is 0.917. The van der Waals surface area contributed by atoms with E-state index in [-0.39, 0.29) is 18.3 Å². The van der Waals surface area contributed by atoms with Gasteiger partial charge in [-0.25, -0.2) is 8.42 Å². The molecule has 0 aromatic carbocycles. The van der Waals surface area contributed by atoms with Crippen LogP contribution in [0.3, 0.4) is 0 Å². The van der Waals surface area contributed by atoms with Crippen molar-refractivity contribution >= 4 is 15.9 Å². The maximum absolute atomic E-state index is 12.2. The fourth-order valence-electron chi connectivity index (χ4n) is 2.53. The molecule has 0 aromatic heterocycles. The number of hydrogen-bond donors (Lipinski definition) is 2. The van der Waals surface area contributed by atoms with Gasteiger partial charge in [-0.15, -0.1) is 0 Å². The van der Waals surface area contributed by atoms with Gasteiger partial charge in [-0.2, -0.15) is 4.31 Å². The van der Waals surface area contributed by atoms with Crippen molar-refractivity contribution in [2.75, 3.05) is 18.9 Å². The lowest BCUT2D eigenvalue weighted by Gasteiger charge is -2.25. The van der Waals surface area contributed by atoms with Crippen molar-refractivity contribution in [1.29, 1.82) is 0 Å². The lowest BCUT2D eigenvalue weighted by molar-refractivity contribution is -0.125. The minimum Gasteiger partial charge on any atom is -0.394 e. The van der Waals surface area contributed by atoms with E-state index in [1.54, 1.807) is 0 Å². The largest absolute Gasteiger partial charge is 0.394 e. The van der Waals surface area contributed by atoms with Crippen molar-refractivity contribution in [3.8, 4) is 0 Å². The van der Waals surface area contributed by atoms with Crippen LogP contribution in [0.1, 0.15) is 39.0 Å². The topological polar surface area (TPSA) is 86.7 Å². The predicted octanol–water partition coefficient (Wildman–Crippen LogP) is -0.168. The zero-order chi connectivity index (χ0) is 14.1. The van der Waals surface area contributed by atoms with Crippen LogP contribution in [0.5, 0.6) is 0 Å². The van der Waals surface area contributed by atoms with Gasteiger partial charge in [0.15, 0.2) is 0 Å². The van der Waals surface area contributed by atoms with Gasteiger partial charge in [-0.3, -0.25) is 4.79 Å². The normalized spacial score (nSPS) is 26.3. The van der Waals surface area contributed by atoms with Crippen molar-refractivity contribution < 1.29 is 18.3 Å². The molecular weight excluding hydrogens is 268 g/mol. The Balaban J connectivity index is 2.04. The van der Waals surface area contributed by atoms with Crippen LogP contribution in [-0.2, 0) is 14.8 Å². The highest BCUT2D eigenvalue weighted by Gasteiger charge is 2.46. The van der Waals surface area contributed by atoms with Gasteiger partial charge in [-0.05, 0) is 32.1 Å². The van der Waals surface area contributed by atoms with Crippen LogP contribution < -0.4 is 5.32 Å². The molecule has 19 heavy (non-hydrogen) atoms. The van der Waals surface area contributed by atoms with Crippen molar-refractivity contribution in [1.82, 2.24) is 9.62 Å². The Morgan fingerprint density at radius 3 is 2.68 bits per heavy atom. The highest BCUT2D eigenvalue weighted by Crippen LogP contribution is 2.35. The van der Waals surface area contributed by atoms with Crippen molar-refractivity contribution in [3.63, 3.8) is 0 Å². The summed E-state index contributed by atoms with van der Waals surface area (Å²) >= 11 is 0. The quantitative estimate of drug-likeness (QED) is 0.711. The number of sulfonamides is 1. The van der Waals surface area contributed by atoms with E-state index < -0.39 is 21.6 Å². The second-order valence-electron chi connectivity index (χ2n) is 5.51. The van der Waals surface area contributed by atoms with E-state index in [1.807, 2.05) is 6.92 Å². The average Bonchev–Trinajstić information content (AvgIpc) is 2.93. The third-order valence-corrected chi connectivity index (χ3v) is 5.95. The van der Waals surface area contributed by atoms with Crippen molar-refractivity contribution in [2.24, 2.45) is 0 Å². The Labute approximate surface area is 114 Å². The average molecular weight is 290 g/mol. The monoisotopic (exact) mass is 290 g/mol. The Morgan fingerprint density at radius 2 is 2.16 bits per heavy atom. The third kappa shape index (κ3) is 3.09. The second-order valence-corrected chi connectivity index (χ2v) is 7.55. The molecule has 0 bridgehead atoms. The Hall–Kier alpha value is -0.660. The molecule has 1 saturated heterocycles. The summed E-state index contributed by atoms with van der Waals surface area (Å²) in [4.78, 5) is 12.2. The van der Waals surface area contributed by atoms with Gasteiger partial charge < -0.3 is 10.4 Å². The summed E-state index contributed by atoms with van der Waals surface area (Å²) in [5.41, 5.74) is -0.486. The van der Waals surface area contributed by atoms with Crippen molar-refractivity contribution in [3.05, 3.63) is 0 Å². The number of hydrogen-bond acceptors (Lipinski definition) is 4. The minimum atomic E-state index is -3.34. The molecule has 1 aliphatic carbocycles. The lowest BCUT2D eigenvalue weighted by atomic mass is 10.2. The maximum Gasteiger partial charge on any atom is 0.238 e. The van der Waals surface area contributed by atoms with Crippen LogP contribution in [0.15, 0.2) is 0 Å². The van der Waals surface area contributed by atoms with Crippen LogP contribution in [-0.4, -0.2) is 54.2 Å². The second kappa shape index (κ2) is 5.38. The first-order valence-electron chi connectivity index (χ1n) is 6.86. The van der Waals surface area contributed by atoms with E-state index in [1.165, 1.54) is 4.31 Å². The molecule has 0 radical (unpaired) electrons. The summed E-state index contributed by atoms with van der Waals surface area (Å²) in [7, 11) is -3.34. The standard InChI is InChI=1S/C12H22N2O4S/c1-2-8-19(17,18)14-7-3-4-10(14)11(16)13-12(9-15)5-6-12/h10,15H,2-9H2,1H3,(H,13,16). The van der Waals surface area contributed by atoms with Crippen LogP contribution in [0.2, 0.25) is 0 Å². The molecule has 7 heteroatoms. The number of carbonyl (C=O) groups excluding carboxylic acids is 1. The molecule has 1 heterocycles. The molecule has 0 aromatic rings. The summed E-state index contributed by atoms with van der Waals surface area (Å²) in [5, 5.41) is 12.0. The van der Waals surface area contributed by atoms with Gasteiger partial charge in [0, 0.05) is 6.54 Å². The molecular formula is C12H22N2O4S. The van der Waals surface area contributed by atoms with Crippen LogP contribution >= 0.6 is 0 Å². The first kappa shape index (κ1) is 14.7. The van der Waals surface area contributed by atoms with Gasteiger partial charge in [0.2, 0.25) is 15.9 Å². The molecule has 1 atom stereocenters. The number of carbonyl (C=O) groups is 1. The summed E-state index contributed by atoms with van der Waals surface area (Å²) < 4.78 is 25.5. The molecule has 6 nitrogen and oxygen atoms in total. The number of rotatable bonds is 6. The fourth-order valence-corrected chi connectivity index (χ4v) is 4.28. The molecule has 110 valence electrons. The van der Waals surface area contributed by atoms with Gasteiger partial charge >= 0.3 is 0 Å². The number of nitrogens with one attached hydrogen (secondary N) is 1. The molecule has 2 N–H and O–H groups in total. The van der Waals surface area contributed by atoms with E-state index >= 15 is 0 Å². The number of aliphatic hydroxyl groups excluding tert-OH is 1. The highest BCUT2D eigenvalue weighted by molar-refractivity contribution is 7.89. The van der Waals surface area contributed by atoms with Crippen molar-refractivity contribution in [2.45, 2.75) is 50.6 Å². The van der Waals surface area contributed by atoms with Gasteiger partial charge in [0.25, 0.3) is 0 Å². The van der Waals surface area contributed by atoms with E-state index in [0.717, 1.165) is 12.8 Å². The zero-order valence-electron chi connectivity index (χ0n) is 11.3. The van der Waals surface area contributed by atoms with E-state index in [0.29, 0.717) is 25.8 Å². The van der Waals surface area contributed by atoms with Gasteiger partial charge in [-0.1, -0.05) is 6.92 Å². The number of nitrogens with zero attached hydrogens (tertiary/aromatic N) is 1. The highest BCUT2D eigenvalue weighted by atomic mass is 32.2. The molecule has 0 spiro atoms. The minimum absolute atomic E-state index is 0.0762. The molecule has 2 rings (SSSR count). The van der Waals surface area contributed by atoms with Crippen LogP contribution in [0.25, 0.3) is 0 Å². The number of aliphatic hydroxyl groups is 1. The van der Waals surface area contributed by atoms with Crippen LogP contribution in [0, 0.1) is 0 Å². The molecule has 1 aliphatic heterocycles. The summed E-state index contributed by atoms with van der Waals surface area (Å²) in [6.45, 7) is 2.16. The molecule has 2 fully saturated rings. The first-order valence-corrected chi connectivity index (χ1v) is 8.47. The summed E-state index contributed by atoms with van der Waals surface area (Å²) in [6, 6.07) is -0.597. The zero-order valence-corrected chi connectivity index (χ0v) is 12.1. The summed E-state index contributed by atoms with van der Waals surface area (Å²) in [6.07, 6.45) is 3.37. The summed E-state index contributed by atoms with van der Waals surface area (Å²) in [5.74, 6) is -0.175. The molecule has 1 unspecified atom stereocenters. The molecule has 1 saturated carbocycles. The Morgan fingerprint density at radius 1 is 1.47 bits per heavy atom. The maximum atomic E-state index is 12.2. The van der Waals surface area contributed by atoms with E-state index in [4.69, 9.17) is 0 Å². The number of amides is 1. The lowest BCUT2D eigenvalue weighted by Crippen LogP contribution is -2.51. The smallest absolute Gasteiger partial charge is 0.238 e. The third-order valence-electron chi connectivity index (χ3n) is 3.87. The Kier molecular flexibility index (Phi) is 4.17. The van der Waals surface area contributed by atoms with Crippen LogP contribution in [0.4, 0.5) is 0 Å². The molecule has 2 aliphatic rings.